The Morgan fingerprint density at radius 1 is 0.895 bits per heavy atom. The molecule has 0 aliphatic rings. The first kappa shape index (κ1) is 12.4. The molecule has 0 aliphatic carbocycles. The molecule has 1 aromatic heterocycles. The van der Waals surface area contributed by atoms with E-state index in [0.717, 1.165) is 12.4 Å². The highest BCUT2D eigenvalue weighted by molar-refractivity contribution is 6.13. The van der Waals surface area contributed by atoms with Crippen molar-refractivity contribution in [2.24, 2.45) is 0 Å². The summed E-state index contributed by atoms with van der Waals surface area (Å²) in [7, 11) is 0. The van der Waals surface area contributed by atoms with Gasteiger partial charge in [-0.3, -0.25) is 0 Å². The Bertz CT molecular complexity index is 724. The molecule has 0 spiro atoms. The number of nitrogens with zero attached hydrogens (tertiary/aromatic N) is 2. The second kappa shape index (κ2) is 4.33. The quantitative estimate of drug-likeness (QED) is 0.735. The van der Waals surface area contributed by atoms with Gasteiger partial charge < -0.3 is 15.3 Å². The lowest BCUT2D eigenvalue weighted by molar-refractivity contribution is 0.0653. The number of fused-ring (bicyclic) bond motifs is 1. The number of aromatic carboxylic acids is 3. The average molecular weight is 262 g/mol. The van der Waals surface area contributed by atoms with Crippen LogP contribution in [-0.4, -0.2) is 43.2 Å². The molecule has 96 valence electrons. The Morgan fingerprint density at radius 3 is 2.11 bits per heavy atom. The molecular weight excluding hydrogens is 256 g/mol. The standard InChI is InChI=1S/C11H6N2O6/c14-9(15)4-1-2-5-7(6(4)10(16)17)12-3-13-8(5)11(18)19/h1-3H,(H,14,15)(H,16,17)(H,18,19). The molecule has 8 nitrogen and oxygen atoms in total. The van der Waals surface area contributed by atoms with Crippen molar-refractivity contribution in [1.82, 2.24) is 9.97 Å². The molecule has 1 heterocycles. The van der Waals surface area contributed by atoms with Crippen LogP contribution in [0.5, 0.6) is 0 Å². The summed E-state index contributed by atoms with van der Waals surface area (Å²) >= 11 is 0. The van der Waals surface area contributed by atoms with Crippen LogP contribution in [0.1, 0.15) is 31.2 Å². The molecule has 0 atom stereocenters. The van der Waals surface area contributed by atoms with Gasteiger partial charge in [-0.15, -0.1) is 0 Å². The van der Waals surface area contributed by atoms with Gasteiger partial charge in [0, 0.05) is 5.39 Å². The molecule has 1 aromatic carbocycles. The molecule has 0 amide bonds. The Balaban J connectivity index is 2.95. The van der Waals surface area contributed by atoms with E-state index in [2.05, 4.69) is 9.97 Å². The molecule has 2 rings (SSSR count). The van der Waals surface area contributed by atoms with E-state index in [1.807, 2.05) is 0 Å². The predicted octanol–water partition coefficient (Wildman–Crippen LogP) is 0.724. The zero-order chi connectivity index (χ0) is 14.2. The van der Waals surface area contributed by atoms with E-state index in [1.54, 1.807) is 0 Å². The van der Waals surface area contributed by atoms with E-state index in [-0.39, 0.29) is 16.6 Å². The first-order valence-electron chi connectivity index (χ1n) is 4.91. The number of hydrogen-bond donors (Lipinski definition) is 3. The van der Waals surface area contributed by atoms with E-state index < -0.39 is 29.0 Å². The summed E-state index contributed by atoms with van der Waals surface area (Å²) in [6.45, 7) is 0. The Morgan fingerprint density at radius 2 is 1.58 bits per heavy atom. The molecule has 0 unspecified atom stereocenters. The van der Waals surface area contributed by atoms with Crippen LogP contribution in [0.4, 0.5) is 0 Å². The molecule has 0 fully saturated rings. The van der Waals surface area contributed by atoms with Gasteiger partial charge in [0.1, 0.15) is 11.9 Å². The van der Waals surface area contributed by atoms with Crippen LogP contribution in [0.3, 0.4) is 0 Å². The van der Waals surface area contributed by atoms with Crippen molar-refractivity contribution < 1.29 is 29.7 Å². The Labute approximate surface area is 105 Å². The van der Waals surface area contributed by atoms with Crippen LogP contribution in [0.25, 0.3) is 10.9 Å². The molecule has 0 aliphatic heterocycles. The zero-order valence-corrected chi connectivity index (χ0v) is 9.19. The predicted molar refractivity (Wildman–Crippen MR) is 60.4 cm³/mol. The van der Waals surface area contributed by atoms with Crippen molar-refractivity contribution in [2.75, 3.05) is 0 Å². The highest BCUT2D eigenvalue weighted by Crippen LogP contribution is 2.22. The van der Waals surface area contributed by atoms with Gasteiger partial charge in [-0.05, 0) is 12.1 Å². The van der Waals surface area contributed by atoms with Gasteiger partial charge in [0.15, 0.2) is 5.69 Å². The van der Waals surface area contributed by atoms with Crippen LogP contribution >= 0.6 is 0 Å². The Hall–Kier alpha value is -3.03. The van der Waals surface area contributed by atoms with Gasteiger partial charge in [0.2, 0.25) is 0 Å². The molecule has 19 heavy (non-hydrogen) atoms. The van der Waals surface area contributed by atoms with Gasteiger partial charge in [-0.1, -0.05) is 0 Å². The normalized spacial score (nSPS) is 10.3. The molecule has 0 bridgehead atoms. The lowest BCUT2D eigenvalue weighted by atomic mass is 10.0. The lowest BCUT2D eigenvalue weighted by Gasteiger charge is -2.06. The minimum atomic E-state index is -1.50. The highest BCUT2D eigenvalue weighted by atomic mass is 16.4. The SMILES string of the molecule is O=C(O)c1ccc2c(C(=O)O)ncnc2c1C(=O)O. The summed E-state index contributed by atoms with van der Waals surface area (Å²) in [6, 6.07) is 2.19. The monoisotopic (exact) mass is 262 g/mol. The minimum Gasteiger partial charge on any atom is -0.478 e. The summed E-state index contributed by atoms with van der Waals surface area (Å²) < 4.78 is 0. The number of benzene rings is 1. The fourth-order valence-electron chi connectivity index (χ4n) is 1.70. The van der Waals surface area contributed by atoms with Gasteiger partial charge in [0.25, 0.3) is 0 Å². The second-order valence-electron chi connectivity index (χ2n) is 3.52. The number of rotatable bonds is 3. The zero-order valence-electron chi connectivity index (χ0n) is 9.19. The van der Waals surface area contributed by atoms with Gasteiger partial charge in [-0.25, -0.2) is 24.4 Å². The third kappa shape index (κ3) is 1.95. The van der Waals surface area contributed by atoms with Crippen LogP contribution in [0, 0.1) is 0 Å². The smallest absolute Gasteiger partial charge is 0.355 e. The highest BCUT2D eigenvalue weighted by Gasteiger charge is 2.22. The van der Waals surface area contributed by atoms with Crippen molar-refractivity contribution >= 4 is 28.8 Å². The Kier molecular flexibility index (Phi) is 2.83. The van der Waals surface area contributed by atoms with E-state index >= 15 is 0 Å². The van der Waals surface area contributed by atoms with Gasteiger partial charge in [0.05, 0.1) is 11.1 Å². The van der Waals surface area contributed by atoms with E-state index in [9.17, 15) is 14.4 Å². The third-order valence-electron chi connectivity index (χ3n) is 2.45. The number of aromatic nitrogens is 2. The van der Waals surface area contributed by atoms with E-state index in [0.29, 0.717) is 0 Å². The molecule has 0 saturated heterocycles. The summed E-state index contributed by atoms with van der Waals surface area (Å²) in [5.74, 6) is -4.29. The topological polar surface area (TPSA) is 138 Å². The minimum absolute atomic E-state index is 0.0302. The first-order chi connectivity index (χ1) is 8.93. The fraction of sp³-hybridized carbons (Fsp3) is 0. The number of carboxylic acids is 3. The molecule has 2 aromatic rings. The summed E-state index contributed by atoms with van der Waals surface area (Å²) in [5.41, 5.74) is -1.63. The van der Waals surface area contributed by atoms with Crippen LogP contribution in [-0.2, 0) is 0 Å². The summed E-state index contributed by atoms with van der Waals surface area (Å²) in [4.78, 5) is 40.3. The van der Waals surface area contributed by atoms with Crippen LogP contribution in [0.2, 0.25) is 0 Å². The number of hydrogen-bond acceptors (Lipinski definition) is 5. The fourth-order valence-corrected chi connectivity index (χ4v) is 1.70. The van der Waals surface area contributed by atoms with Gasteiger partial charge >= 0.3 is 17.9 Å². The summed E-state index contributed by atoms with van der Waals surface area (Å²) in [5, 5.41) is 26.9. The van der Waals surface area contributed by atoms with E-state index in [1.165, 1.54) is 6.07 Å². The number of carbonyl (C=O) groups is 3. The second-order valence-corrected chi connectivity index (χ2v) is 3.52. The molecular formula is C11H6N2O6. The number of carboxylic acid groups (broad SMARTS) is 3. The molecule has 3 N–H and O–H groups in total. The van der Waals surface area contributed by atoms with Crippen LogP contribution in [0.15, 0.2) is 18.5 Å². The van der Waals surface area contributed by atoms with Crippen molar-refractivity contribution in [3.63, 3.8) is 0 Å². The van der Waals surface area contributed by atoms with E-state index in [4.69, 9.17) is 15.3 Å². The summed E-state index contributed by atoms with van der Waals surface area (Å²) in [6.07, 6.45) is 0.879. The molecule has 0 radical (unpaired) electrons. The largest absolute Gasteiger partial charge is 0.478 e. The maximum Gasteiger partial charge on any atom is 0.355 e. The van der Waals surface area contributed by atoms with Crippen molar-refractivity contribution in [3.8, 4) is 0 Å². The lowest BCUT2D eigenvalue weighted by Crippen LogP contribution is -2.11. The third-order valence-corrected chi connectivity index (χ3v) is 2.45. The van der Waals surface area contributed by atoms with Crippen molar-refractivity contribution in [2.45, 2.75) is 0 Å². The first-order valence-corrected chi connectivity index (χ1v) is 4.91. The van der Waals surface area contributed by atoms with Gasteiger partial charge in [-0.2, -0.15) is 0 Å². The molecule has 8 heteroatoms. The average Bonchev–Trinajstić information content (AvgIpc) is 2.35. The van der Waals surface area contributed by atoms with Crippen molar-refractivity contribution in [3.05, 3.63) is 35.3 Å². The maximum absolute atomic E-state index is 11.2. The molecule has 0 saturated carbocycles. The van der Waals surface area contributed by atoms with Crippen LogP contribution < -0.4 is 0 Å². The van der Waals surface area contributed by atoms with Crippen molar-refractivity contribution in [1.29, 1.82) is 0 Å². The maximum atomic E-state index is 11.2.